The van der Waals surface area contributed by atoms with Crippen molar-refractivity contribution >= 4 is 23.2 Å². The van der Waals surface area contributed by atoms with Crippen molar-refractivity contribution in [3.63, 3.8) is 0 Å². The summed E-state index contributed by atoms with van der Waals surface area (Å²) in [6.07, 6.45) is 1.12. The minimum Gasteiger partial charge on any atom is -0.249 e. The van der Waals surface area contributed by atoms with E-state index in [0.29, 0.717) is 12.5 Å². The predicted molar refractivity (Wildman–Crippen MR) is 67.0 cm³/mol. The van der Waals surface area contributed by atoms with Crippen molar-refractivity contribution in [1.29, 1.82) is 0 Å². The van der Waals surface area contributed by atoms with Crippen LogP contribution in [0.1, 0.15) is 12.6 Å². The molecule has 100 valence electrons. The summed E-state index contributed by atoms with van der Waals surface area (Å²) < 4.78 is 39.2. The Morgan fingerprint density at radius 3 is 2.42 bits per heavy atom. The molecule has 0 aliphatic carbocycles. The van der Waals surface area contributed by atoms with E-state index in [-0.39, 0.29) is 10.7 Å². The minimum absolute atomic E-state index is 0.0985. The average Bonchev–Trinajstić information content (AvgIpc) is 2.26. The Balaban J connectivity index is 2.51. The van der Waals surface area contributed by atoms with Crippen molar-refractivity contribution in [3.8, 4) is 11.3 Å². The fourth-order valence-electron chi connectivity index (χ4n) is 1.49. The molecule has 0 bridgehead atoms. The smallest absolute Gasteiger partial charge is 0.249 e. The summed E-state index contributed by atoms with van der Waals surface area (Å²) in [5.74, 6) is -3.70. The zero-order valence-corrected chi connectivity index (χ0v) is 11.1. The maximum Gasteiger partial charge on any atom is 0.290 e. The van der Waals surface area contributed by atoms with Crippen molar-refractivity contribution in [2.75, 3.05) is 0 Å². The third kappa shape index (κ3) is 2.98. The van der Waals surface area contributed by atoms with E-state index < -0.39 is 22.6 Å². The van der Waals surface area contributed by atoms with Gasteiger partial charge in [0.1, 0.15) is 11.5 Å². The number of nitrogens with zero attached hydrogens (tertiary/aromatic N) is 2. The van der Waals surface area contributed by atoms with Gasteiger partial charge in [-0.1, -0.05) is 23.2 Å². The molecule has 1 aromatic heterocycles. The lowest BCUT2D eigenvalue weighted by Crippen LogP contribution is -2.11. The Morgan fingerprint density at radius 1 is 1.21 bits per heavy atom. The molecule has 2 nitrogen and oxygen atoms in total. The summed E-state index contributed by atoms with van der Waals surface area (Å²) in [7, 11) is 0. The van der Waals surface area contributed by atoms with E-state index in [1.807, 2.05) is 0 Å². The molecule has 0 N–H and O–H groups in total. The SMILES string of the molecule is CC(F)(F)c1ncc(-c2ccc(F)cc2Cl)nc1Cl. The molecule has 0 saturated carbocycles. The van der Waals surface area contributed by atoms with Crippen molar-refractivity contribution < 1.29 is 13.2 Å². The molecular weight excluding hydrogens is 300 g/mol. The van der Waals surface area contributed by atoms with E-state index in [9.17, 15) is 13.2 Å². The zero-order valence-electron chi connectivity index (χ0n) is 9.59. The third-order valence-corrected chi connectivity index (χ3v) is 2.93. The second kappa shape index (κ2) is 4.98. The highest BCUT2D eigenvalue weighted by Crippen LogP contribution is 2.33. The molecule has 7 heteroatoms. The summed E-state index contributed by atoms with van der Waals surface area (Å²) in [5, 5.41) is -0.313. The van der Waals surface area contributed by atoms with E-state index in [2.05, 4.69) is 9.97 Å². The second-order valence-corrected chi connectivity index (χ2v) is 4.67. The molecule has 0 fully saturated rings. The number of aromatic nitrogens is 2. The summed E-state index contributed by atoms with van der Waals surface area (Å²) in [5.41, 5.74) is -0.0532. The van der Waals surface area contributed by atoms with Gasteiger partial charge in [0.25, 0.3) is 5.92 Å². The van der Waals surface area contributed by atoms with Crippen LogP contribution in [0.15, 0.2) is 24.4 Å². The normalized spacial score (nSPS) is 11.7. The van der Waals surface area contributed by atoms with Crippen molar-refractivity contribution in [2.45, 2.75) is 12.8 Å². The fraction of sp³-hybridized carbons (Fsp3) is 0.167. The fourth-order valence-corrected chi connectivity index (χ4v) is 2.06. The lowest BCUT2D eigenvalue weighted by atomic mass is 10.1. The number of rotatable bonds is 2. The minimum atomic E-state index is -3.19. The lowest BCUT2D eigenvalue weighted by molar-refractivity contribution is 0.0125. The van der Waals surface area contributed by atoms with E-state index in [0.717, 1.165) is 12.3 Å². The molecule has 0 spiro atoms. The van der Waals surface area contributed by atoms with Crippen LogP contribution in [0.3, 0.4) is 0 Å². The van der Waals surface area contributed by atoms with Gasteiger partial charge < -0.3 is 0 Å². The van der Waals surface area contributed by atoms with Crippen LogP contribution in [-0.4, -0.2) is 9.97 Å². The molecule has 0 amide bonds. The van der Waals surface area contributed by atoms with Gasteiger partial charge in [-0.05, 0) is 18.2 Å². The van der Waals surface area contributed by atoms with Crippen LogP contribution in [0, 0.1) is 5.82 Å². The Morgan fingerprint density at radius 2 is 1.89 bits per heavy atom. The number of benzene rings is 1. The first-order valence-corrected chi connectivity index (χ1v) is 5.91. The number of hydrogen-bond donors (Lipinski definition) is 0. The zero-order chi connectivity index (χ0) is 14.2. The highest BCUT2D eigenvalue weighted by Gasteiger charge is 2.30. The van der Waals surface area contributed by atoms with Crippen LogP contribution in [0.25, 0.3) is 11.3 Å². The average molecular weight is 307 g/mol. The molecule has 1 aromatic carbocycles. The number of hydrogen-bond acceptors (Lipinski definition) is 2. The van der Waals surface area contributed by atoms with Gasteiger partial charge in [0.05, 0.1) is 16.9 Å². The van der Waals surface area contributed by atoms with Gasteiger partial charge in [0, 0.05) is 12.5 Å². The predicted octanol–water partition coefficient (Wildman–Crippen LogP) is 4.70. The molecule has 0 atom stereocenters. The van der Waals surface area contributed by atoms with Gasteiger partial charge in [0.2, 0.25) is 0 Å². The first-order valence-electron chi connectivity index (χ1n) is 5.15. The second-order valence-electron chi connectivity index (χ2n) is 3.91. The van der Waals surface area contributed by atoms with Crippen LogP contribution in [0.5, 0.6) is 0 Å². The van der Waals surface area contributed by atoms with Crippen LogP contribution in [-0.2, 0) is 5.92 Å². The Labute approximate surface area is 117 Å². The lowest BCUT2D eigenvalue weighted by Gasteiger charge is -2.11. The molecular formula is C12H7Cl2F3N2. The van der Waals surface area contributed by atoms with Crippen LogP contribution in [0.2, 0.25) is 10.2 Å². The number of halogens is 5. The first kappa shape index (κ1) is 14.1. The Kier molecular flexibility index (Phi) is 3.69. The quantitative estimate of drug-likeness (QED) is 0.803. The molecule has 0 aliphatic heterocycles. The molecule has 19 heavy (non-hydrogen) atoms. The standard InChI is InChI=1S/C12H7Cl2F3N2/c1-12(16,17)10-11(14)19-9(5-18-10)7-3-2-6(15)4-8(7)13/h2-5H,1H3. The van der Waals surface area contributed by atoms with E-state index in [4.69, 9.17) is 23.2 Å². The summed E-state index contributed by atoms with van der Waals surface area (Å²) in [4.78, 5) is 7.41. The van der Waals surface area contributed by atoms with Gasteiger partial charge in [-0.25, -0.2) is 14.4 Å². The third-order valence-electron chi connectivity index (χ3n) is 2.35. The van der Waals surface area contributed by atoms with Crippen LogP contribution in [0.4, 0.5) is 13.2 Å². The van der Waals surface area contributed by atoms with Gasteiger partial charge in [0.15, 0.2) is 5.15 Å². The molecule has 1 heterocycles. The van der Waals surface area contributed by atoms with E-state index >= 15 is 0 Å². The van der Waals surface area contributed by atoms with Gasteiger partial charge >= 0.3 is 0 Å². The van der Waals surface area contributed by atoms with Gasteiger partial charge in [-0.3, -0.25) is 0 Å². The maximum absolute atomic E-state index is 13.1. The summed E-state index contributed by atoms with van der Waals surface area (Å²) in [6, 6.07) is 3.65. The number of alkyl halides is 2. The Bertz CT molecular complexity index is 627. The van der Waals surface area contributed by atoms with Crippen molar-refractivity contribution in [2.24, 2.45) is 0 Å². The first-order chi connectivity index (χ1) is 8.79. The largest absolute Gasteiger partial charge is 0.290 e. The molecule has 0 radical (unpaired) electrons. The molecule has 2 aromatic rings. The Hall–Kier alpha value is -1.33. The van der Waals surface area contributed by atoms with Gasteiger partial charge in [-0.15, -0.1) is 0 Å². The molecule has 0 saturated heterocycles. The van der Waals surface area contributed by atoms with E-state index in [1.54, 1.807) is 0 Å². The van der Waals surface area contributed by atoms with Gasteiger partial charge in [-0.2, -0.15) is 8.78 Å². The van der Waals surface area contributed by atoms with Crippen molar-refractivity contribution in [3.05, 3.63) is 46.1 Å². The van der Waals surface area contributed by atoms with E-state index in [1.165, 1.54) is 12.1 Å². The molecule has 0 unspecified atom stereocenters. The summed E-state index contributed by atoms with van der Waals surface area (Å²) in [6.45, 7) is 0.674. The highest BCUT2D eigenvalue weighted by molar-refractivity contribution is 6.33. The topological polar surface area (TPSA) is 25.8 Å². The highest BCUT2D eigenvalue weighted by atomic mass is 35.5. The maximum atomic E-state index is 13.1. The monoisotopic (exact) mass is 306 g/mol. The molecule has 0 aliphatic rings. The van der Waals surface area contributed by atoms with Crippen LogP contribution < -0.4 is 0 Å². The van der Waals surface area contributed by atoms with Crippen LogP contribution >= 0.6 is 23.2 Å². The van der Waals surface area contributed by atoms with Crippen molar-refractivity contribution in [1.82, 2.24) is 9.97 Å². The molecule has 2 rings (SSSR count). The summed E-state index contributed by atoms with van der Waals surface area (Å²) >= 11 is 11.5.